The molecule has 0 bridgehead atoms. The van der Waals surface area contributed by atoms with Crippen molar-refractivity contribution >= 4 is 33.6 Å². The number of nitrogens with two attached hydrogens (primary N) is 1. The molecule has 1 aliphatic heterocycles. The summed E-state index contributed by atoms with van der Waals surface area (Å²) in [5.41, 5.74) is 9.34. The molecule has 1 unspecified atom stereocenters. The van der Waals surface area contributed by atoms with E-state index < -0.39 is 0 Å². The molecule has 0 fully saturated rings. The second-order valence-corrected chi connectivity index (χ2v) is 3.25. The summed E-state index contributed by atoms with van der Waals surface area (Å²) in [4.78, 5) is 3.83. The van der Waals surface area contributed by atoms with Gasteiger partial charge < -0.3 is 5.73 Å². The maximum absolute atomic E-state index is 5.13. The minimum Gasteiger partial charge on any atom is -0.375 e. The number of rotatable bonds is 1. The van der Waals surface area contributed by atoms with Crippen molar-refractivity contribution in [1.82, 2.24) is 5.43 Å². The first-order valence-corrected chi connectivity index (χ1v) is 4.19. The van der Waals surface area contributed by atoms with Gasteiger partial charge in [0.1, 0.15) is 0 Å². The largest absolute Gasteiger partial charge is 0.375 e. The molecule has 0 radical (unpaired) electrons. The maximum atomic E-state index is 5.13. The van der Waals surface area contributed by atoms with E-state index in [1.807, 2.05) is 5.41 Å². The van der Waals surface area contributed by atoms with Crippen molar-refractivity contribution in [3.63, 3.8) is 0 Å². The van der Waals surface area contributed by atoms with Crippen LogP contribution in [-0.4, -0.2) is 10.7 Å². The van der Waals surface area contributed by atoms with E-state index in [-0.39, 0.29) is 15.8 Å². The summed E-state index contributed by atoms with van der Waals surface area (Å²) < 4.78 is 3.90. The summed E-state index contributed by atoms with van der Waals surface area (Å²) in [5.74, 6) is 0. The van der Waals surface area contributed by atoms with Crippen molar-refractivity contribution in [2.24, 2.45) is 15.2 Å². The molecule has 54 valence electrons. The van der Waals surface area contributed by atoms with Gasteiger partial charge in [-0.1, -0.05) is 0 Å². The normalized spacial score (nSPS) is 21.8. The van der Waals surface area contributed by atoms with Crippen LogP contribution in [0.3, 0.4) is 0 Å². The Labute approximate surface area is 66.3 Å². The van der Waals surface area contributed by atoms with Crippen molar-refractivity contribution in [2.75, 3.05) is 0 Å². The Bertz CT molecular complexity index is 215. The highest BCUT2D eigenvalue weighted by Gasteiger charge is 1.90. The first kappa shape index (κ1) is 7.36. The van der Waals surface area contributed by atoms with E-state index in [1.54, 1.807) is 11.7 Å². The summed E-state index contributed by atoms with van der Waals surface area (Å²) in [6.07, 6.45) is 1.69. The second-order valence-electron chi connectivity index (χ2n) is 1.45. The number of thiocarbonyl (C=S) groups is 1. The highest BCUT2D eigenvalue weighted by molar-refractivity contribution is 8.03. The summed E-state index contributed by atoms with van der Waals surface area (Å²) >= 11 is 4.54. The first-order valence-electron chi connectivity index (χ1n) is 2.47. The molecule has 1 rings (SSSR count). The van der Waals surface area contributed by atoms with Crippen LogP contribution in [-0.2, 0) is 10.7 Å². The molecule has 10 heavy (non-hydrogen) atoms. The van der Waals surface area contributed by atoms with Gasteiger partial charge in [0.05, 0.1) is 5.55 Å². The average Bonchev–Trinajstić information content (AvgIpc) is 2.34. The van der Waals surface area contributed by atoms with Gasteiger partial charge in [-0.15, -0.1) is 4.47 Å². The number of nitrogens with one attached hydrogen (secondary N) is 1. The summed E-state index contributed by atoms with van der Waals surface area (Å²) in [7, 11) is -0.274. The van der Waals surface area contributed by atoms with Gasteiger partial charge in [0.2, 0.25) is 0 Å². The molecule has 1 aliphatic rings. The molecule has 0 aromatic heterocycles. The molecule has 4 nitrogen and oxygen atoms in total. The number of hydrogen-bond acceptors (Lipinski definition) is 3. The smallest absolute Gasteiger partial charge is 0.184 e. The molecule has 1 atom stereocenters. The van der Waals surface area contributed by atoms with Crippen LogP contribution in [0.5, 0.6) is 0 Å². The predicted molar refractivity (Wildman–Crippen MR) is 47.3 cm³/mol. The van der Waals surface area contributed by atoms with Gasteiger partial charge in [-0.3, -0.25) is 4.99 Å². The second kappa shape index (κ2) is 3.43. The average molecular weight is 174 g/mol. The van der Waals surface area contributed by atoms with E-state index in [0.29, 0.717) is 0 Å². The Balaban J connectivity index is 2.48. The highest BCUT2D eigenvalue weighted by Crippen LogP contribution is 1.93. The Kier molecular flexibility index (Phi) is 2.52. The summed E-state index contributed by atoms with van der Waals surface area (Å²) in [5, 5.41) is 2.03. The van der Waals surface area contributed by atoms with Crippen molar-refractivity contribution in [3.8, 4) is 0 Å². The lowest BCUT2D eigenvalue weighted by molar-refractivity contribution is 1.06. The van der Waals surface area contributed by atoms with E-state index in [0.717, 1.165) is 0 Å². The zero-order chi connectivity index (χ0) is 7.40. The van der Waals surface area contributed by atoms with Crippen molar-refractivity contribution in [2.45, 2.75) is 0 Å². The molecule has 0 saturated heterocycles. The quantitative estimate of drug-likeness (QED) is 0.436. The van der Waals surface area contributed by atoms with Crippen LogP contribution in [0.4, 0.5) is 0 Å². The van der Waals surface area contributed by atoms with Crippen LogP contribution in [0.1, 0.15) is 0 Å². The predicted octanol–water partition coefficient (Wildman–Crippen LogP) is 0.0496. The fraction of sp³-hybridized carbons (Fsp3) is 0. The molecule has 0 aliphatic carbocycles. The zero-order valence-corrected chi connectivity index (χ0v) is 6.65. The van der Waals surface area contributed by atoms with E-state index in [2.05, 4.69) is 27.1 Å². The highest BCUT2D eigenvalue weighted by atomic mass is 32.2. The van der Waals surface area contributed by atoms with Gasteiger partial charge in [0.25, 0.3) is 0 Å². The fourth-order valence-electron chi connectivity index (χ4n) is 0.382. The zero-order valence-electron chi connectivity index (χ0n) is 5.02. The summed E-state index contributed by atoms with van der Waals surface area (Å²) in [6, 6.07) is 0. The molecule has 3 N–H and O–H groups in total. The SMILES string of the molecule is NC(=S)N/N=S1\C=CN=C1. The van der Waals surface area contributed by atoms with Crippen LogP contribution in [0.15, 0.2) is 21.1 Å². The molecule has 1 heterocycles. The summed E-state index contributed by atoms with van der Waals surface area (Å²) in [6.45, 7) is 0. The molecule has 6 heteroatoms. The number of aliphatic imine (C=N–C) groups is 1. The Morgan fingerprint density at radius 3 is 3.10 bits per heavy atom. The van der Waals surface area contributed by atoms with Gasteiger partial charge in [-0.05, 0) is 22.9 Å². The van der Waals surface area contributed by atoms with Crippen LogP contribution in [0.25, 0.3) is 0 Å². The number of nitrogens with zero attached hydrogens (tertiary/aromatic N) is 2. The van der Waals surface area contributed by atoms with Crippen LogP contribution in [0.2, 0.25) is 0 Å². The third-order valence-corrected chi connectivity index (χ3v) is 1.85. The molecule has 0 saturated carbocycles. The molecular weight excluding hydrogens is 168 g/mol. The third kappa shape index (κ3) is 2.24. The van der Waals surface area contributed by atoms with Gasteiger partial charge in [0.15, 0.2) is 5.11 Å². The molecule has 0 aromatic rings. The van der Waals surface area contributed by atoms with Crippen molar-refractivity contribution in [3.05, 3.63) is 11.6 Å². The lowest BCUT2D eigenvalue weighted by atomic mass is 11.1. The van der Waals surface area contributed by atoms with Crippen LogP contribution < -0.4 is 11.2 Å². The van der Waals surface area contributed by atoms with Gasteiger partial charge >= 0.3 is 0 Å². The molecule has 0 spiro atoms. The first-order chi connectivity index (χ1) is 4.79. The van der Waals surface area contributed by atoms with E-state index >= 15 is 0 Å². The Hall–Kier alpha value is -0.750. The fourth-order valence-corrected chi connectivity index (χ4v) is 1.26. The van der Waals surface area contributed by atoms with Gasteiger partial charge in [-0.25, -0.2) is 5.43 Å². The van der Waals surface area contributed by atoms with E-state index in [4.69, 9.17) is 5.73 Å². The lowest BCUT2D eigenvalue weighted by Crippen LogP contribution is -2.24. The molecule has 0 aromatic carbocycles. The van der Waals surface area contributed by atoms with Crippen LogP contribution >= 0.6 is 12.2 Å². The van der Waals surface area contributed by atoms with Gasteiger partial charge in [0, 0.05) is 11.6 Å². The molecule has 0 amide bonds. The van der Waals surface area contributed by atoms with E-state index in [1.165, 1.54) is 0 Å². The molecular formula is C4H6N4S2. The number of hydrogen-bond donors (Lipinski definition) is 2. The lowest BCUT2D eigenvalue weighted by Gasteiger charge is -1.93. The minimum atomic E-state index is -0.274. The van der Waals surface area contributed by atoms with Crippen molar-refractivity contribution in [1.29, 1.82) is 0 Å². The van der Waals surface area contributed by atoms with Crippen LogP contribution in [0, 0.1) is 0 Å². The standard InChI is InChI=1S/C4H6N4S2/c5-4(9)7-8-10-2-1-6-3-10/h1-3H,(H3,5,7,9). The third-order valence-electron chi connectivity index (χ3n) is 0.716. The topological polar surface area (TPSA) is 62.8 Å². The monoisotopic (exact) mass is 174 g/mol. The Morgan fingerprint density at radius 1 is 1.80 bits per heavy atom. The Morgan fingerprint density at radius 2 is 2.60 bits per heavy atom. The maximum Gasteiger partial charge on any atom is 0.184 e. The van der Waals surface area contributed by atoms with E-state index in [9.17, 15) is 0 Å². The minimum absolute atomic E-state index is 0.182. The van der Waals surface area contributed by atoms with Crippen molar-refractivity contribution < 1.29 is 0 Å². The van der Waals surface area contributed by atoms with Gasteiger partial charge in [-0.2, -0.15) is 0 Å².